The van der Waals surface area contributed by atoms with Crippen LogP contribution >= 0.6 is 0 Å². The molecule has 0 radical (unpaired) electrons. The molecule has 2 aliphatic heterocycles. The lowest BCUT2D eigenvalue weighted by Crippen LogP contribution is -2.57. The van der Waals surface area contributed by atoms with Crippen molar-refractivity contribution in [2.45, 2.75) is 88.6 Å². The summed E-state index contributed by atoms with van der Waals surface area (Å²) in [5.41, 5.74) is 0.311. The number of esters is 1. The summed E-state index contributed by atoms with van der Waals surface area (Å²) in [5, 5.41) is 9.89. The van der Waals surface area contributed by atoms with Crippen molar-refractivity contribution in [1.82, 2.24) is 25.8 Å². The molecule has 1 aliphatic carbocycles. The van der Waals surface area contributed by atoms with Crippen molar-refractivity contribution in [3.8, 4) is 22.8 Å². The molecule has 0 bridgehead atoms. The number of aromatic nitrogens is 1. The zero-order chi connectivity index (χ0) is 37.0. The Labute approximate surface area is 304 Å². The number of hydrogen-bond donors (Lipinski definition) is 3. The van der Waals surface area contributed by atoms with E-state index in [9.17, 15) is 19.2 Å². The van der Waals surface area contributed by atoms with Gasteiger partial charge in [0.15, 0.2) is 0 Å². The van der Waals surface area contributed by atoms with E-state index in [1.807, 2.05) is 54.6 Å². The topological polar surface area (TPSA) is 157 Å². The molecule has 2 saturated heterocycles. The van der Waals surface area contributed by atoms with Gasteiger partial charge in [0, 0.05) is 29.5 Å². The molecule has 3 fully saturated rings. The van der Waals surface area contributed by atoms with E-state index in [1.165, 1.54) is 12.0 Å². The number of amides is 3. The summed E-state index contributed by atoms with van der Waals surface area (Å²) in [5.74, 6) is -0.291. The summed E-state index contributed by atoms with van der Waals surface area (Å²) in [6, 6.07) is 15.2. The summed E-state index contributed by atoms with van der Waals surface area (Å²) in [6.45, 7) is 6.47. The highest BCUT2D eigenvalue weighted by atomic mass is 16.6. The zero-order valence-corrected chi connectivity index (χ0v) is 30.5. The van der Waals surface area contributed by atoms with Crippen molar-refractivity contribution in [2.75, 3.05) is 33.9 Å². The third-order valence-corrected chi connectivity index (χ3v) is 9.95. The standard InChI is InChI=1S/C39H49N5O8/c1-38(2,3)52-37(48)42-29-16-18-40-17-10-9-13-25-22-39(25,36(47)50-5)43-34(45)32-20-27(23-44(32)35(29)46)51-33-21-30(24-11-7-6-8-12-24)41-31-19-26(49-4)14-15-28(31)33/h6-8,11-12,14-15,19,21,25,27,29,32,40H,9-10,13,16-18,20,22-23H2,1-5H3,(H,42,48)(H,43,45)/t25?,27-,29+,32+,39-/m1/s1. The van der Waals surface area contributed by atoms with Crippen LogP contribution in [0, 0.1) is 5.92 Å². The summed E-state index contributed by atoms with van der Waals surface area (Å²) < 4.78 is 22.9. The number of methoxy groups -OCH3 is 2. The lowest BCUT2D eigenvalue weighted by atomic mass is 10.1. The van der Waals surface area contributed by atoms with Gasteiger partial charge in [0.25, 0.3) is 0 Å². The van der Waals surface area contributed by atoms with E-state index < -0.39 is 53.2 Å². The minimum atomic E-state index is -1.15. The molecule has 3 heterocycles. The van der Waals surface area contributed by atoms with Crippen molar-refractivity contribution >= 4 is 34.8 Å². The molecule has 3 N–H and O–H groups in total. The maximum Gasteiger partial charge on any atom is 0.408 e. The largest absolute Gasteiger partial charge is 0.497 e. The van der Waals surface area contributed by atoms with E-state index in [0.717, 1.165) is 30.2 Å². The molecular weight excluding hydrogens is 666 g/mol. The van der Waals surface area contributed by atoms with Crippen LogP contribution in [-0.2, 0) is 23.9 Å². The Bertz CT molecular complexity index is 1800. The van der Waals surface area contributed by atoms with Gasteiger partial charge >= 0.3 is 12.1 Å². The highest BCUT2D eigenvalue weighted by Gasteiger charge is 2.62. The van der Waals surface area contributed by atoms with Crippen LogP contribution in [0.4, 0.5) is 4.79 Å². The number of ether oxygens (including phenoxy) is 4. The number of carbonyl (C=O) groups excluding carboxylic acids is 4. The number of carbonyl (C=O) groups is 4. The summed E-state index contributed by atoms with van der Waals surface area (Å²) in [6.07, 6.45) is 2.02. The fourth-order valence-corrected chi connectivity index (χ4v) is 7.25. The number of pyridine rings is 1. The first-order valence-corrected chi connectivity index (χ1v) is 18.0. The minimum absolute atomic E-state index is 0.0616. The van der Waals surface area contributed by atoms with Crippen LogP contribution in [0.3, 0.4) is 0 Å². The molecule has 1 aromatic heterocycles. The highest BCUT2D eigenvalue weighted by Crippen LogP contribution is 2.48. The fraction of sp³-hybridized carbons (Fsp3) is 0.513. The maximum absolute atomic E-state index is 14.5. The molecule has 3 amide bonds. The molecule has 13 nitrogen and oxygen atoms in total. The van der Waals surface area contributed by atoms with Gasteiger partial charge in [0.05, 0.1) is 32.0 Å². The van der Waals surface area contributed by atoms with Crippen molar-refractivity contribution in [2.24, 2.45) is 5.92 Å². The van der Waals surface area contributed by atoms with Crippen LogP contribution in [0.1, 0.15) is 59.3 Å². The minimum Gasteiger partial charge on any atom is -0.497 e. The number of hydrogen-bond acceptors (Lipinski definition) is 10. The van der Waals surface area contributed by atoms with Crippen molar-refractivity contribution in [3.63, 3.8) is 0 Å². The second kappa shape index (κ2) is 15.4. The quantitative estimate of drug-likeness (QED) is 0.314. The maximum atomic E-state index is 14.5. The third-order valence-electron chi connectivity index (χ3n) is 9.95. The van der Waals surface area contributed by atoms with Crippen LogP contribution in [0.25, 0.3) is 22.2 Å². The number of benzene rings is 2. The van der Waals surface area contributed by atoms with E-state index >= 15 is 0 Å². The lowest BCUT2D eigenvalue weighted by molar-refractivity contribution is -0.148. The summed E-state index contributed by atoms with van der Waals surface area (Å²) in [4.78, 5) is 61.2. The second-order valence-electron chi connectivity index (χ2n) is 14.8. The van der Waals surface area contributed by atoms with Gasteiger partial charge in [-0.3, -0.25) is 9.59 Å². The smallest absolute Gasteiger partial charge is 0.408 e. The normalized spacial score (nSPS) is 25.4. The molecule has 13 heteroatoms. The molecule has 278 valence electrons. The first-order valence-electron chi connectivity index (χ1n) is 18.0. The molecule has 0 spiro atoms. The van der Waals surface area contributed by atoms with E-state index in [4.69, 9.17) is 23.9 Å². The fourth-order valence-electron chi connectivity index (χ4n) is 7.25. The molecule has 6 rings (SSSR count). The van der Waals surface area contributed by atoms with Gasteiger partial charge in [-0.1, -0.05) is 36.8 Å². The molecule has 1 unspecified atom stereocenters. The Balaban J connectivity index is 1.34. The Morgan fingerprint density at radius 1 is 1.00 bits per heavy atom. The number of rotatable bonds is 6. The van der Waals surface area contributed by atoms with Crippen molar-refractivity contribution in [3.05, 3.63) is 54.6 Å². The average Bonchev–Trinajstić information content (AvgIpc) is 3.65. The van der Waals surface area contributed by atoms with Gasteiger partial charge in [-0.2, -0.15) is 0 Å². The third kappa shape index (κ3) is 8.25. The molecule has 52 heavy (non-hydrogen) atoms. The molecule has 1 saturated carbocycles. The van der Waals surface area contributed by atoms with Gasteiger partial charge in [0.2, 0.25) is 11.8 Å². The number of nitrogens with zero attached hydrogens (tertiary/aromatic N) is 2. The lowest BCUT2D eigenvalue weighted by Gasteiger charge is -2.30. The zero-order valence-electron chi connectivity index (χ0n) is 30.5. The van der Waals surface area contributed by atoms with Crippen LogP contribution < -0.4 is 25.4 Å². The van der Waals surface area contributed by atoms with Crippen LogP contribution in [0.5, 0.6) is 11.5 Å². The summed E-state index contributed by atoms with van der Waals surface area (Å²) >= 11 is 0. The van der Waals surface area contributed by atoms with Crippen molar-refractivity contribution in [1.29, 1.82) is 0 Å². The van der Waals surface area contributed by atoms with Crippen molar-refractivity contribution < 1.29 is 38.1 Å². The number of nitrogens with one attached hydrogen (secondary N) is 3. The SMILES string of the molecule is COC(=O)[C@@]12CC1CCCCNCC[C@H](NC(=O)OC(C)(C)C)C(=O)N1C[C@H](Oc3cc(-c4ccccc4)nc4cc(OC)ccc34)C[C@H]1C(=O)N2. The Morgan fingerprint density at radius 3 is 2.52 bits per heavy atom. The molecule has 5 atom stereocenters. The van der Waals surface area contributed by atoms with Gasteiger partial charge < -0.3 is 39.8 Å². The summed E-state index contributed by atoms with van der Waals surface area (Å²) in [7, 11) is 2.91. The Morgan fingerprint density at radius 2 is 1.79 bits per heavy atom. The molecule has 2 aromatic carbocycles. The predicted octanol–water partition coefficient (Wildman–Crippen LogP) is 4.36. The van der Waals surface area contributed by atoms with E-state index in [-0.39, 0.29) is 25.3 Å². The predicted molar refractivity (Wildman–Crippen MR) is 194 cm³/mol. The van der Waals surface area contributed by atoms with Crippen LogP contribution in [-0.4, -0.2) is 96.9 Å². The highest BCUT2D eigenvalue weighted by molar-refractivity contribution is 5.96. The number of alkyl carbamates (subject to hydrolysis) is 1. The molecular formula is C39H49N5O8. The Kier molecular flexibility index (Phi) is 10.9. The van der Waals surface area contributed by atoms with Crippen LogP contribution in [0.2, 0.25) is 0 Å². The second-order valence-corrected chi connectivity index (χ2v) is 14.8. The van der Waals surface area contributed by atoms with Crippen LogP contribution in [0.15, 0.2) is 54.6 Å². The van der Waals surface area contributed by atoms with E-state index in [1.54, 1.807) is 27.9 Å². The van der Waals surface area contributed by atoms with E-state index in [0.29, 0.717) is 42.2 Å². The van der Waals surface area contributed by atoms with Gasteiger partial charge in [-0.05, 0) is 77.6 Å². The first-order chi connectivity index (χ1) is 24.9. The Hall–Kier alpha value is -4.91. The molecule has 3 aromatic rings. The molecule has 3 aliphatic rings. The average molecular weight is 716 g/mol. The van der Waals surface area contributed by atoms with Gasteiger partial charge in [-0.15, -0.1) is 0 Å². The monoisotopic (exact) mass is 715 g/mol. The number of fused-ring (bicyclic) bond motifs is 3. The first kappa shape index (κ1) is 36.9. The van der Waals surface area contributed by atoms with Gasteiger partial charge in [0.1, 0.15) is 40.8 Å². The van der Waals surface area contributed by atoms with Gasteiger partial charge in [-0.25, -0.2) is 14.6 Å². The van der Waals surface area contributed by atoms with E-state index in [2.05, 4.69) is 16.0 Å².